The molecule has 1 amide bonds. The van der Waals surface area contributed by atoms with Gasteiger partial charge in [-0.15, -0.1) is 0 Å². The van der Waals surface area contributed by atoms with E-state index in [0.717, 1.165) is 46.5 Å². The lowest BCUT2D eigenvalue weighted by Crippen LogP contribution is -2.50. The minimum absolute atomic E-state index is 0.0788. The van der Waals surface area contributed by atoms with E-state index in [-0.39, 0.29) is 23.3 Å². The number of sulfonamides is 1. The molecule has 4 aromatic rings. The van der Waals surface area contributed by atoms with Gasteiger partial charge in [0.05, 0.1) is 16.8 Å². The molecule has 0 bridgehead atoms. The highest BCUT2D eigenvalue weighted by molar-refractivity contribution is 7.89. The van der Waals surface area contributed by atoms with Crippen molar-refractivity contribution in [1.29, 1.82) is 0 Å². The van der Waals surface area contributed by atoms with E-state index in [1.54, 1.807) is 28.8 Å². The molecule has 3 aromatic carbocycles. The second-order valence-electron chi connectivity index (χ2n) is 11.7. The summed E-state index contributed by atoms with van der Waals surface area (Å²) in [4.78, 5) is 25.6. The van der Waals surface area contributed by atoms with E-state index in [1.165, 1.54) is 5.56 Å². The number of piperazine rings is 1. The number of carbonyl (C=O) groups excluding carboxylic acids is 1. The number of benzene rings is 3. The number of aromatic nitrogens is 2. The smallest absolute Gasteiger partial charge is 0.243 e. The van der Waals surface area contributed by atoms with Crippen molar-refractivity contribution in [3.8, 4) is 11.1 Å². The summed E-state index contributed by atoms with van der Waals surface area (Å²) in [7, 11) is 0.504. The Hall–Kier alpha value is -3.90. The normalized spacial score (nSPS) is 16.8. The number of hydrogen-bond acceptors (Lipinski definition) is 8. The minimum Gasteiger partial charge on any atom is -0.366 e. The van der Waals surface area contributed by atoms with Gasteiger partial charge in [0.25, 0.3) is 0 Å². The van der Waals surface area contributed by atoms with Crippen LogP contribution >= 0.6 is 0 Å². The molecule has 0 spiro atoms. The van der Waals surface area contributed by atoms with Gasteiger partial charge in [-0.25, -0.2) is 18.4 Å². The summed E-state index contributed by atoms with van der Waals surface area (Å²) < 4.78 is 28.2. The fraction of sp³-hybridized carbons (Fsp3) is 0.344. The number of rotatable bonds is 9. The highest BCUT2D eigenvalue weighted by Gasteiger charge is 2.30. The Morgan fingerprint density at radius 1 is 1.00 bits per heavy atom. The Morgan fingerprint density at radius 3 is 2.58 bits per heavy atom. The van der Waals surface area contributed by atoms with E-state index in [4.69, 9.17) is 0 Å². The highest BCUT2D eigenvalue weighted by atomic mass is 32.2. The fourth-order valence-corrected chi connectivity index (χ4v) is 7.45. The summed E-state index contributed by atoms with van der Waals surface area (Å²) in [5.74, 6) is 0.677. The maximum atomic E-state index is 13.3. The zero-order valence-electron chi connectivity index (χ0n) is 24.7. The zero-order chi connectivity index (χ0) is 30.1. The van der Waals surface area contributed by atoms with Gasteiger partial charge in [-0.1, -0.05) is 30.3 Å². The van der Waals surface area contributed by atoms with E-state index in [2.05, 4.69) is 81.8 Å². The van der Waals surface area contributed by atoms with Crippen molar-refractivity contribution in [2.75, 3.05) is 57.5 Å². The van der Waals surface area contributed by atoms with Gasteiger partial charge in [0.15, 0.2) is 0 Å². The van der Waals surface area contributed by atoms with Gasteiger partial charge in [-0.05, 0) is 68.0 Å². The van der Waals surface area contributed by atoms with Crippen LogP contribution in [0.2, 0.25) is 0 Å². The van der Waals surface area contributed by atoms with Crippen molar-refractivity contribution in [1.82, 2.24) is 24.1 Å². The molecular weight excluding hydrogens is 562 g/mol. The van der Waals surface area contributed by atoms with Gasteiger partial charge in [0.1, 0.15) is 12.1 Å². The molecule has 0 radical (unpaired) electrons. The van der Waals surface area contributed by atoms with Crippen molar-refractivity contribution < 1.29 is 13.2 Å². The molecule has 11 heteroatoms. The molecule has 2 aliphatic heterocycles. The number of para-hydroxylation sites is 1. The molecule has 3 heterocycles. The number of nitrogens with zero attached hydrogens (tertiary/aromatic N) is 5. The largest absolute Gasteiger partial charge is 0.366 e. The number of nitrogens with one attached hydrogen (secondary N) is 2. The molecule has 224 valence electrons. The van der Waals surface area contributed by atoms with Crippen LogP contribution in [0.5, 0.6) is 0 Å². The van der Waals surface area contributed by atoms with Crippen molar-refractivity contribution in [3.63, 3.8) is 0 Å². The third kappa shape index (κ3) is 6.25. The van der Waals surface area contributed by atoms with Gasteiger partial charge < -0.3 is 15.5 Å². The van der Waals surface area contributed by atoms with Gasteiger partial charge in [-0.2, -0.15) is 4.31 Å². The summed E-state index contributed by atoms with van der Waals surface area (Å²) in [6.07, 6.45) is 1.82. The highest BCUT2D eigenvalue weighted by Crippen LogP contribution is 2.31. The number of anilines is 2. The van der Waals surface area contributed by atoms with E-state index < -0.39 is 10.0 Å². The molecule has 6 rings (SSSR count). The van der Waals surface area contributed by atoms with Crippen LogP contribution in [0.4, 0.5) is 11.5 Å². The van der Waals surface area contributed by atoms with Crippen molar-refractivity contribution in [2.45, 2.75) is 30.8 Å². The lowest BCUT2D eigenvalue weighted by atomic mass is 10.00. The minimum atomic E-state index is -3.63. The first-order chi connectivity index (χ1) is 20.7. The first kappa shape index (κ1) is 29.2. The SMILES string of the molecule is CC(CN1CCN(S(=O)(=O)c2ccc3c(c2)CC(=O)N3)CC1)Nc1ncnc2c(-c3cccc(CN(C)C)c3)cccc12. The third-order valence-electron chi connectivity index (χ3n) is 7.99. The number of fused-ring (bicyclic) bond motifs is 2. The maximum Gasteiger partial charge on any atom is 0.243 e. The average molecular weight is 600 g/mol. The number of hydrogen-bond donors (Lipinski definition) is 2. The van der Waals surface area contributed by atoms with E-state index >= 15 is 0 Å². The van der Waals surface area contributed by atoms with E-state index in [9.17, 15) is 13.2 Å². The van der Waals surface area contributed by atoms with Gasteiger partial charge in [0, 0.05) is 61.9 Å². The molecule has 0 aliphatic carbocycles. The quantitative estimate of drug-likeness (QED) is 0.300. The summed E-state index contributed by atoms with van der Waals surface area (Å²) in [6.45, 7) is 5.82. The van der Waals surface area contributed by atoms with Crippen LogP contribution in [-0.4, -0.2) is 91.3 Å². The molecule has 1 unspecified atom stereocenters. The standard InChI is InChI=1S/C32H37N7O3S/c1-22(19-38-12-14-39(15-13-38)43(41,42)26-10-11-29-25(17-26)18-30(40)36-29)35-32-28-9-5-8-27(31(28)33-21-34-32)24-7-4-6-23(16-24)20-37(2)3/h4-11,16-17,21-22H,12-15,18-20H2,1-3H3,(H,36,40)(H,33,34,35). The molecule has 43 heavy (non-hydrogen) atoms. The van der Waals surface area contributed by atoms with Gasteiger partial charge in [0.2, 0.25) is 15.9 Å². The molecule has 2 aliphatic rings. The maximum absolute atomic E-state index is 13.3. The van der Waals surface area contributed by atoms with Crippen LogP contribution in [0.15, 0.2) is 71.9 Å². The second kappa shape index (κ2) is 12.0. The Kier molecular flexibility index (Phi) is 8.15. The van der Waals surface area contributed by atoms with Crippen LogP contribution in [-0.2, 0) is 27.8 Å². The summed E-state index contributed by atoms with van der Waals surface area (Å²) in [5, 5.41) is 7.30. The van der Waals surface area contributed by atoms with Gasteiger partial charge >= 0.3 is 0 Å². The van der Waals surface area contributed by atoms with E-state index in [0.29, 0.717) is 31.9 Å². The van der Waals surface area contributed by atoms with Crippen LogP contribution < -0.4 is 10.6 Å². The summed E-state index contributed by atoms with van der Waals surface area (Å²) in [5.41, 5.74) is 5.76. The molecule has 1 atom stereocenters. The molecule has 1 saturated heterocycles. The third-order valence-corrected chi connectivity index (χ3v) is 9.88. The predicted octanol–water partition coefficient (Wildman–Crippen LogP) is 3.66. The van der Waals surface area contributed by atoms with Crippen LogP contribution in [0.3, 0.4) is 0 Å². The van der Waals surface area contributed by atoms with Gasteiger partial charge in [-0.3, -0.25) is 9.69 Å². The monoisotopic (exact) mass is 599 g/mol. The molecule has 10 nitrogen and oxygen atoms in total. The first-order valence-electron chi connectivity index (χ1n) is 14.6. The average Bonchev–Trinajstić information content (AvgIpc) is 3.36. The molecule has 1 aromatic heterocycles. The number of carbonyl (C=O) groups is 1. The van der Waals surface area contributed by atoms with Crippen LogP contribution in [0.25, 0.3) is 22.0 Å². The fourth-order valence-electron chi connectivity index (χ4n) is 5.97. The van der Waals surface area contributed by atoms with Crippen molar-refractivity contribution >= 4 is 38.3 Å². The van der Waals surface area contributed by atoms with Crippen molar-refractivity contribution in [3.05, 3.63) is 78.1 Å². The number of amides is 1. The summed E-state index contributed by atoms with van der Waals surface area (Å²) >= 11 is 0. The zero-order valence-corrected chi connectivity index (χ0v) is 25.6. The lowest BCUT2D eigenvalue weighted by Gasteiger charge is -2.35. The Balaban J connectivity index is 1.10. The molecular formula is C32H37N7O3S. The second-order valence-corrected chi connectivity index (χ2v) is 13.6. The Labute approximate surface area is 252 Å². The van der Waals surface area contributed by atoms with Crippen molar-refractivity contribution in [2.24, 2.45) is 0 Å². The van der Waals surface area contributed by atoms with Crippen LogP contribution in [0, 0.1) is 0 Å². The molecule has 1 fully saturated rings. The Morgan fingerprint density at radius 2 is 1.79 bits per heavy atom. The first-order valence-corrected chi connectivity index (χ1v) is 16.0. The topological polar surface area (TPSA) is 111 Å². The van der Waals surface area contributed by atoms with E-state index in [1.807, 2.05) is 12.1 Å². The molecule has 2 N–H and O–H groups in total. The lowest BCUT2D eigenvalue weighted by molar-refractivity contribution is -0.115. The Bertz CT molecular complexity index is 1770. The molecule has 0 saturated carbocycles. The predicted molar refractivity (Wildman–Crippen MR) is 169 cm³/mol. The summed E-state index contributed by atoms with van der Waals surface area (Å²) in [6, 6.07) is 19.7. The van der Waals surface area contributed by atoms with Crippen LogP contribution in [0.1, 0.15) is 18.1 Å².